The van der Waals surface area contributed by atoms with Gasteiger partial charge < -0.3 is 9.84 Å². The van der Waals surface area contributed by atoms with Crippen LogP contribution >= 0.6 is 0 Å². The fourth-order valence-corrected chi connectivity index (χ4v) is 1.83. The molecule has 0 spiro atoms. The van der Waals surface area contributed by atoms with E-state index in [1.807, 2.05) is 42.5 Å². The van der Waals surface area contributed by atoms with Crippen LogP contribution < -0.4 is 4.74 Å². The Labute approximate surface area is 120 Å². The van der Waals surface area contributed by atoms with Gasteiger partial charge in [-0.25, -0.2) is 0 Å². The highest BCUT2D eigenvalue weighted by Crippen LogP contribution is 2.17. The summed E-state index contributed by atoms with van der Waals surface area (Å²) in [6, 6.07) is 18.0. The minimum Gasteiger partial charge on any atom is -0.492 e. The lowest BCUT2D eigenvalue weighted by atomic mass is 10.1. The summed E-state index contributed by atoms with van der Waals surface area (Å²) in [7, 11) is 0. The van der Waals surface area contributed by atoms with Crippen molar-refractivity contribution >= 4 is 0 Å². The van der Waals surface area contributed by atoms with Crippen LogP contribution in [0.4, 0.5) is 0 Å². The van der Waals surface area contributed by atoms with Crippen molar-refractivity contribution in [2.24, 2.45) is 0 Å². The second-order valence-electron chi connectivity index (χ2n) is 4.36. The zero-order valence-electron chi connectivity index (χ0n) is 11.4. The van der Waals surface area contributed by atoms with Crippen molar-refractivity contribution in [2.45, 2.75) is 12.8 Å². The fraction of sp³-hybridized carbons (Fsp3) is 0.222. The quantitative estimate of drug-likeness (QED) is 0.843. The second kappa shape index (κ2) is 8.04. The molecule has 0 aliphatic rings. The van der Waals surface area contributed by atoms with Crippen LogP contribution in [0.3, 0.4) is 0 Å². The summed E-state index contributed by atoms with van der Waals surface area (Å²) >= 11 is 0. The van der Waals surface area contributed by atoms with E-state index in [9.17, 15) is 0 Å². The second-order valence-corrected chi connectivity index (χ2v) is 4.36. The molecular formula is C18H18O2. The first kappa shape index (κ1) is 14.2. The Morgan fingerprint density at radius 3 is 2.50 bits per heavy atom. The molecule has 0 aliphatic heterocycles. The van der Waals surface area contributed by atoms with Gasteiger partial charge >= 0.3 is 0 Å². The zero-order chi connectivity index (χ0) is 14.0. The maximum atomic E-state index is 8.75. The zero-order valence-corrected chi connectivity index (χ0v) is 11.4. The molecular weight excluding hydrogens is 248 g/mol. The van der Waals surface area contributed by atoms with Crippen molar-refractivity contribution in [3.8, 4) is 17.6 Å². The van der Waals surface area contributed by atoms with Crippen LogP contribution in [0.1, 0.15) is 17.5 Å². The standard InChI is InChI=1S/C18H18O2/c19-14-7-6-11-17-10-4-5-12-18(17)20-15-13-16-8-2-1-3-9-16/h1-5,8-10,12,19H,7,13-15H2. The van der Waals surface area contributed by atoms with Crippen molar-refractivity contribution in [1.82, 2.24) is 0 Å². The molecule has 2 nitrogen and oxygen atoms in total. The van der Waals surface area contributed by atoms with Gasteiger partial charge in [0.15, 0.2) is 0 Å². The lowest BCUT2D eigenvalue weighted by molar-refractivity contribution is 0.305. The van der Waals surface area contributed by atoms with Crippen LogP contribution in [-0.2, 0) is 6.42 Å². The molecule has 0 unspecified atom stereocenters. The Morgan fingerprint density at radius 1 is 0.950 bits per heavy atom. The molecule has 0 fully saturated rings. The largest absolute Gasteiger partial charge is 0.492 e. The third-order valence-corrected chi connectivity index (χ3v) is 2.84. The Hall–Kier alpha value is -2.24. The maximum absolute atomic E-state index is 8.75. The van der Waals surface area contributed by atoms with Gasteiger partial charge in [-0.3, -0.25) is 0 Å². The molecule has 0 saturated heterocycles. The molecule has 1 N–H and O–H groups in total. The van der Waals surface area contributed by atoms with Crippen molar-refractivity contribution in [3.63, 3.8) is 0 Å². The molecule has 2 heteroatoms. The summed E-state index contributed by atoms with van der Waals surface area (Å²) in [6.45, 7) is 0.715. The third kappa shape index (κ3) is 4.46. The molecule has 20 heavy (non-hydrogen) atoms. The van der Waals surface area contributed by atoms with E-state index in [-0.39, 0.29) is 6.61 Å². The predicted molar refractivity (Wildman–Crippen MR) is 80.7 cm³/mol. The molecule has 0 radical (unpaired) electrons. The molecule has 0 heterocycles. The van der Waals surface area contributed by atoms with Gasteiger partial charge in [-0.15, -0.1) is 0 Å². The van der Waals surface area contributed by atoms with Gasteiger partial charge in [-0.05, 0) is 17.7 Å². The molecule has 2 rings (SSSR count). The highest BCUT2D eigenvalue weighted by Gasteiger charge is 2.00. The Morgan fingerprint density at radius 2 is 1.70 bits per heavy atom. The number of aliphatic hydroxyl groups excluding tert-OH is 1. The van der Waals surface area contributed by atoms with E-state index in [2.05, 4.69) is 24.0 Å². The normalized spacial score (nSPS) is 9.65. The summed E-state index contributed by atoms with van der Waals surface area (Å²) in [5, 5.41) is 8.75. The van der Waals surface area contributed by atoms with E-state index in [4.69, 9.17) is 9.84 Å². The maximum Gasteiger partial charge on any atom is 0.134 e. The van der Waals surface area contributed by atoms with Gasteiger partial charge in [0.25, 0.3) is 0 Å². The van der Waals surface area contributed by atoms with E-state index in [0.717, 1.165) is 17.7 Å². The predicted octanol–water partition coefficient (Wildman–Crippen LogP) is 3.04. The van der Waals surface area contributed by atoms with Gasteiger partial charge in [0.1, 0.15) is 5.75 Å². The topological polar surface area (TPSA) is 29.5 Å². The van der Waals surface area contributed by atoms with Crippen LogP contribution in [0.2, 0.25) is 0 Å². The number of benzene rings is 2. The summed E-state index contributed by atoms with van der Waals surface area (Å²) in [6.07, 6.45) is 1.36. The number of rotatable bonds is 5. The van der Waals surface area contributed by atoms with Crippen molar-refractivity contribution in [1.29, 1.82) is 0 Å². The molecule has 0 amide bonds. The number of hydrogen-bond acceptors (Lipinski definition) is 2. The molecule has 0 bridgehead atoms. The molecule has 0 aromatic heterocycles. The minimum atomic E-state index is 0.0873. The van der Waals surface area contributed by atoms with Crippen LogP contribution in [0.15, 0.2) is 54.6 Å². The van der Waals surface area contributed by atoms with Crippen LogP contribution in [0.25, 0.3) is 0 Å². The number of hydrogen-bond donors (Lipinski definition) is 1. The number of aliphatic hydroxyl groups is 1. The lowest BCUT2D eigenvalue weighted by Crippen LogP contribution is -2.02. The van der Waals surface area contributed by atoms with E-state index < -0.39 is 0 Å². The van der Waals surface area contributed by atoms with Crippen molar-refractivity contribution in [2.75, 3.05) is 13.2 Å². The van der Waals surface area contributed by atoms with Crippen LogP contribution in [-0.4, -0.2) is 18.3 Å². The van der Waals surface area contributed by atoms with Crippen molar-refractivity contribution < 1.29 is 9.84 Å². The highest BCUT2D eigenvalue weighted by atomic mass is 16.5. The highest BCUT2D eigenvalue weighted by molar-refractivity contribution is 5.45. The smallest absolute Gasteiger partial charge is 0.134 e. The van der Waals surface area contributed by atoms with Gasteiger partial charge in [0, 0.05) is 12.8 Å². The minimum absolute atomic E-state index is 0.0873. The lowest BCUT2D eigenvalue weighted by Gasteiger charge is -2.08. The summed E-state index contributed by atoms with van der Waals surface area (Å²) < 4.78 is 5.81. The van der Waals surface area contributed by atoms with Crippen LogP contribution in [0, 0.1) is 11.8 Å². The Kier molecular flexibility index (Phi) is 5.70. The molecule has 102 valence electrons. The van der Waals surface area contributed by atoms with Gasteiger partial charge in [0.2, 0.25) is 0 Å². The first-order chi connectivity index (χ1) is 9.90. The van der Waals surface area contributed by atoms with Gasteiger partial charge in [-0.1, -0.05) is 54.3 Å². The van der Waals surface area contributed by atoms with E-state index in [0.29, 0.717) is 13.0 Å². The Balaban J connectivity index is 1.94. The first-order valence-electron chi connectivity index (χ1n) is 6.75. The molecule has 2 aromatic rings. The number of ether oxygens (including phenoxy) is 1. The van der Waals surface area contributed by atoms with E-state index in [1.54, 1.807) is 0 Å². The van der Waals surface area contributed by atoms with Crippen LogP contribution in [0.5, 0.6) is 5.75 Å². The van der Waals surface area contributed by atoms with Gasteiger partial charge in [-0.2, -0.15) is 0 Å². The summed E-state index contributed by atoms with van der Waals surface area (Å²) in [4.78, 5) is 0. The van der Waals surface area contributed by atoms with E-state index in [1.165, 1.54) is 5.56 Å². The monoisotopic (exact) mass is 266 g/mol. The average Bonchev–Trinajstić information content (AvgIpc) is 2.50. The Bertz CT molecular complexity index is 579. The molecule has 0 saturated carbocycles. The summed E-state index contributed by atoms with van der Waals surface area (Å²) in [5.74, 6) is 6.75. The SMILES string of the molecule is OCCC#Cc1ccccc1OCCc1ccccc1. The van der Waals surface area contributed by atoms with Gasteiger partial charge in [0.05, 0.1) is 18.8 Å². The summed E-state index contributed by atoms with van der Waals surface area (Å²) in [5.41, 5.74) is 2.13. The average molecular weight is 266 g/mol. The first-order valence-corrected chi connectivity index (χ1v) is 6.75. The van der Waals surface area contributed by atoms with E-state index >= 15 is 0 Å². The van der Waals surface area contributed by atoms with Crippen molar-refractivity contribution in [3.05, 3.63) is 65.7 Å². The molecule has 0 aliphatic carbocycles. The fourth-order valence-electron chi connectivity index (χ4n) is 1.83. The number of para-hydroxylation sites is 1. The molecule has 2 aromatic carbocycles. The third-order valence-electron chi connectivity index (χ3n) is 2.84. The molecule has 0 atom stereocenters.